The van der Waals surface area contributed by atoms with Gasteiger partial charge in [-0.15, -0.1) is 0 Å². The van der Waals surface area contributed by atoms with Crippen molar-refractivity contribution in [3.05, 3.63) is 18.2 Å². The summed E-state index contributed by atoms with van der Waals surface area (Å²) in [4.78, 5) is 12.1. The summed E-state index contributed by atoms with van der Waals surface area (Å²) in [5, 5.41) is 6.11. The minimum atomic E-state index is 0.0270. The predicted molar refractivity (Wildman–Crippen MR) is 73.8 cm³/mol. The second-order valence-corrected chi connectivity index (χ2v) is 4.47. The van der Waals surface area contributed by atoms with E-state index >= 15 is 0 Å². The van der Waals surface area contributed by atoms with E-state index in [0.717, 1.165) is 19.5 Å². The molecule has 1 aliphatic rings. The number of methoxy groups -OCH3 is 1. The molecule has 5 heteroatoms. The first kappa shape index (κ1) is 13.7. The zero-order valence-corrected chi connectivity index (χ0v) is 11.4. The molecule has 2 N–H and O–H groups in total. The highest BCUT2D eigenvalue weighted by Crippen LogP contribution is 2.30. The van der Waals surface area contributed by atoms with E-state index in [1.54, 1.807) is 13.2 Å². The quantitative estimate of drug-likeness (QED) is 0.849. The van der Waals surface area contributed by atoms with Gasteiger partial charge in [0.2, 0.25) is 5.91 Å². The van der Waals surface area contributed by atoms with Crippen LogP contribution in [0.1, 0.15) is 13.3 Å². The predicted octanol–water partition coefficient (Wildman–Crippen LogP) is 1.64. The Morgan fingerprint density at radius 2 is 2.37 bits per heavy atom. The van der Waals surface area contributed by atoms with Crippen LogP contribution in [0, 0.1) is 5.92 Å². The summed E-state index contributed by atoms with van der Waals surface area (Å²) in [6.07, 6.45) is 0.875. The molecule has 104 valence electrons. The Morgan fingerprint density at radius 1 is 1.53 bits per heavy atom. The van der Waals surface area contributed by atoms with Crippen LogP contribution in [0.2, 0.25) is 0 Å². The molecular weight excluding hydrogens is 244 g/mol. The molecule has 1 aliphatic heterocycles. The monoisotopic (exact) mass is 264 g/mol. The number of carbonyl (C=O) groups excluding carboxylic acids is 1. The molecule has 0 spiro atoms. The first-order valence-corrected chi connectivity index (χ1v) is 6.57. The Kier molecular flexibility index (Phi) is 4.63. The van der Waals surface area contributed by atoms with Gasteiger partial charge < -0.3 is 20.1 Å². The van der Waals surface area contributed by atoms with E-state index < -0.39 is 0 Å². The van der Waals surface area contributed by atoms with Gasteiger partial charge in [0, 0.05) is 12.6 Å². The fourth-order valence-electron chi connectivity index (χ4n) is 2.13. The van der Waals surface area contributed by atoms with Gasteiger partial charge in [0.1, 0.15) is 11.5 Å². The van der Waals surface area contributed by atoms with E-state index in [9.17, 15) is 4.79 Å². The van der Waals surface area contributed by atoms with Crippen LogP contribution in [0.3, 0.4) is 0 Å². The van der Waals surface area contributed by atoms with Gasteiger partial charge in [-0.2, -0.15) is 0 Å². The van der Waals surface area contributed by atoms with Gasteiger partial charge in [-0.05, 0) is 32.0 Å². The molecule has 1 atom stereocenters. The Morgan fingerprint density at radius 3 is 3.00 bits per heavy atom. The van der Waals surface area contributed by atoms with Crippen molar-refractivity contribution < 1.29 is 14.3 Å². The summed E-state index contributed by atoms with van der Waals surface area (Å²) in [6, 6.07) is 5.41. The lowest BCUT2D eigenvalue weighted by atomic mass is 10.1. The average Bonchev–Trinajstić information content (AvgIpc) is 2.95. The third kappa shape index (κ3) is 3.38. The van der Waals surface area contributed by atoms with E-state index in [4.69, 9.17) is 9.47 Å². The van der Waals surface area contributed by atoms with E-state index in [-0.39, 0.29) is 11.8 Å². The molecule has 1 amide bonds. The van der Waals surface area contributed by atoms with Crippen molar-refractivity contribution in [2.75, 3.05) is 32.1 Å². The number of hydrogen-bond donors (Lipinski definition) is 2. The zero-order chi connectivity index (χ0) is 13.7. The molecule has 1 heterocycles. The maximum Gasteiger partial charge on any atom is 0.228 e. The van der Waals surface area contributed by atoms with Gasteiger partial charge in [0.15, 0.2) is 0 Å². The van der Waals surface area contributed by atoms with Crippen LogP contribution in [-0.4, -0.2) is 32.7 Å². The van der Waals surface area contributed by atoms with Crippen molar-refractivity contribution >= 4 is 11.6 Å². The van der Waals surface area contributed by atoms with Crippen molar-refractivity contribution in [1.29, 1.82) is 0 Å². The van der Waals surface area contributed by atoms with Crippen molar-refractivity contribution in [3.8, 4) is 11.5 Å². The second-order valence-electron chi connectivity index (χ2n) is 4.47. The van der Waals surface area contributed by atoms with E-state index in [1.807, 2.05) is 19.1 Å². The lowest BCUT2D eigenvalue weighted by Gasteiger charge is -2.15. The molecule has 2 rings (SSSR count). The van der Waals surface area contributed by atoms with Crippen molar-refractivity contribution in [2.24, 2.45) is 5.92 Å². The zero-order valence-electron chi connectivity index (χ0n) is 11.4. The summed E-state index contributed by atoms with van der Waals surface area (Å²) in [5.41, 5.74) is 0.665. The molecule has 0 aromatic heterocycles. The van der Waals surface area contributed by atoms with Gasteiger partial charge >= 0.3 is 0 Å². The molecular formula is C14H20N2O3. The Hall–Kier alpha value is -1.75. The minimum absolute atomic E-state index is 0.0270. The number of carbonyl (C=O) groups is 1. The Labute approximate surface area is 113 Å². The van der Waals surface area contributed by atoms with Crippen LogP contribution in [0.5, 0.6) is 11.5 Å². The number of benzene rings is 1. The van der Waals surface area contributed by atoms with Crippen LogP contribution < -0.4 is 20.1 Å². The van der Waals surface area contributed by atoms with Gasteiger partial charge in [0.25, 0.3) is 0 Å². The summed E-state index contributed by atoms with van der Waals surface area (Å²) < 4.78 is 10.7. The third-order valence-electron chi connectivity index (χ3n) is 3.18. The lowest BCUT2D eigenvalue weighted by molar-refractivity contribution is -0.119. The van der Waals surface area contributed by atoms with Gasteiger partial charge in [0.05, 0.1) is 25.3 Å². The van der Waals surface area contributed by atoms with Crippen LogP contribution in [0.25, 0.3) is 0 Å². The maximum absolute atomic E-state index is 12.1. The highest BCUT2D eigenvalue weighted by molar-refractivity contribution is 5.94. The average molecular weight is 264 g/mol. The molecule has 19 heavy (non-hydrogen) atoms. The molecule has 1 aromatic carbocycles. The normalized spacial score (nSPS) is 18.1. The van der Waals surface area contributed by atoms with Gasteiger partial charge in [-0.1, -0.05) is 0 Å². The third-order valence-corrected chi connectivity index (χ3v) is 3.18. The highest BCUT2D eigenvalue weighted by Gasteiger charge is 2.23. The number of rotatable bonds is 5. The Bertz CT molecular complexity index is 442. The van der Waals surface area contributed by atoms with Crippen molar-refractivity contribution in [2.45, 2.75) is 13.3 Å². The largest absolute Gasteiger partial charge is 0.497 e. The highest BCUT2D eigenvalue weighted by atomic mass is 16.5. The van der Waals surface area contributed by atoms with Crippen LogP contribution >= 0.6 is 0 Å². The van der Waals surface area contributed by atoms with Crippen molar-refractivity contribution in [3.63, 3.8) is 0 Å². The van der Waals surface area contributed by atoms with Gasteiger partial charge in [-0.3, -0.25) is 4.79 Å². The number of ether oxygens (including phenoxy) is 2. The fraction of sp³-hybridized carbons (Fsp3) is 0.500. The van der Waals surface area contributed by atoms with E-state index in [0.29, 0.717) is 23.8 Å². The number of nitrogens with one attached hydrogen (secondary N) is 2. The molecule has 0 bridgehead atoms. The topological polar surface area (TPSA) is 59.6 Å². The molecule has 1 saturated heterocycles. The SMILES string of the molecule is CCOc1ccc(OC)cc1NC(=O)C1CCNC1. The number of amides is 1. The summed E-state index contributed by atoms with van der Waals surface area (Å²) in [7, 11) is 1.60. The van der Waals surface area contributed by atoms with Gasteiger partial charge in [-0.25, -0.2) is 0 Å². The molecule has 1 aromatic rings. The smallest absolute Gasteiger partial charge is 0.228 e. The van der Waals surface area contributed by atoms with E-state index in [1.165, 1.54) is 0 Å². The van der Waals surface area contributed by atoms with Crippen LogP contribution in [0.4, 0.5) is 5.69 Å². The lowest BCUT2D eigenvalue weighted by Crippen LogP contribution is -2.24. The summed E-state index contributed by atoms with van der Waals surface area (Å²) in [6.45, 7) is 4.10. The molecule has 0 radical (unpaired) electrons. The molecule has 0 saturated carbocycles. The first-order chi connectivity index (χ1) is 9.24. The minimum Gasteiger partial charge on any atom is -0.497 e. The van der Waals surface area contributed by atoms with E-state index in [2.05, 4.69) is 10.6 Å². The molecule has 1 unspecified atom stereocenters. The number of anilines is 1. The Balaban J connectivity index is 2.13. The van der Waals surface area contributed by atoms with Crippen LogP contribution in [-0.2, 0) is 4.79 Å². The second kappa shape index (κ2) is 6.43. The first-order valence-electron chi connectivity index (χ1n) is 6.57. The number of hydrogen-bond acceptors (Lipinski definition) is 4. The summed E-state index contributed by atoms with van der Waals surface area (Å²) in [5.74, 6) is 1.42. The fourth-order valence-corrected chi connectivity index (χ4v) is 2.13. The molecule has 1 fully saturated rings. The van der Waals surface area contributed by atoms with Crippen LogP contribution in [0.15, 0.2) is 18.2 Å². The maximum atomic E-state index is 12.1. The molecule has 0 aliphatic carbocycles. The standard InChI is InChI=1S/C14H20N2O3/c1-3-19-13-5-4-11(18-2)8-12(13)16-14(17)10-6-7-15-9-10/h4-5,8,10,15H,3,6-7,9H2,1-2H3,(H,16,17). The summed E-state index contributed by atoms with van der Waals surface area (Å²) >= 11 is 0. The molecule has 5 nitrogen and oxygen atoms in total. The van der Waals surface area contributed by atoms with Crippen molar-refractivity contribution in [1.82, 2.24) is 5.32 Å².